The molecule has 0 saturated carbocycles. The molecule has 0 saturated heterocycles. The molecular weight excluding hydrogens is 759 g/mol. The molecule has 0 aliphatic heterocycles. The van der Waals surface area contributed by atoms with E-state index in [4.69, 9.17) is 40.5 Å². The highest BCUT2D eigenvalue weighted by molar-refractivity contribution is 6.33. The van der Waals surface area contributed by atoms with Crippen molar-refractivity contribution >= 4 is 74.3 Å². The molecule has 6 aromatic heterocycles. The number of hydrogen-bond donors (Lipinski definition) is 2. The molecule has 0 aliphatic rings. The first-order valence-corrected chi connectivity index (χ1v) is 16.0. The van der Waals surface area contributed by atoms with Gasteiger partial charge in [0.25, 0.3) is 0 Å². The van der Waals surface area contributed by atoms with Crippen LogP contribution in [0.3, 0.4) is 0 Å². The predicted octanol–water partition coefficient (Wildman–Crippen LogP) is 8.49. The SMILES string of the molecule is Fc1ccc(Cl)cc1-c1nc(Cl)c2nccnc2n1.Fc1cnccc1Nc1nc(-c2cc(Cl)ccc2F)nc2nccnc12.Nc1ccncc1F. The van der Waals surface area contributed by atoms with Gasteiger partial charge in [-0.2, -0.15) is 0 Å². The molecule has 19 heteroatoms. The molecule has 0 atom stereocenters. The Morgan fingerprint density at radius 2 is 1.06 bits per heavy atom. The summed E-state index contributed by atoms with van der Waals surface area (Å²) in [6.07, 6.45) is 10.9. The number of anilines is 3. The van der Waals surface area contributed by atoms with Crippen LogP contribution in [0.15, 0.2) is 98.1 Å². The lowest BCUT2D eigenvalue weighted by molar-refractivity contribution is 0.625. The lowest BCUT2D eigenvalue weighted by atomic mass is 10.2. The molecule has 8 aromatic rings. The number of fused-ring (bicyclic) bond motifs is 2. The summed E-state index contributed by atoms with van der Waals surface area (Å²) in [4.78, 5) is 40.2. The summed E-state index contributed by atoms with van der Waals surface area (Å²) >= 11 is 17.8. The van der Waals surface area contributed by atoms with Gasteiger partial charge < -0.3 is 11.1 Å². The van der Waals surface area contributed by atoms with Gasteiger partial charge in [-0.25, -0.2) is 57.4 Å². The first kappa shape index (κ1) is 36.6. The quantitative estimate of drug-likeness (QED) is 0.129. The van der Waals surface area contributed by atoms with E-state index in [2.05, 4.69) is 55.2 Å². The van der Waals surface area contributed by atoms with Crippen LogP contribution in [-0.2, 0) is 0 Å². The molecule has 0 spiro atoms. The molecule has 0 fully saturated rings. The first-order chi connectivity index (χ1) is 25.6. The number of nitrogens with two attached hydrogens (primary N) is 1. The maximum Gasteiger partial charge on any atom is 0.184 e. The molecule has 53 heavy (non-hydrogen) atoms. The summed E-state index contributed by atoms with van der Waals surface area (Å²) in [6.45, 7) is 0. The van der Waals surface area contributed by atoms with Crippen molar-refractivity contribution in [3.63, 3.8) is 0 Å². The second kappa shape index (κ2) is 16.4. The van der Waals surface area contributed by atoms with Crippen molar-refractivity contribution in [1.82, 2.24) is 49.8 Å². The van der Waals surface area contributed by atoms with Gasteiger partial charge >= 0.3 is 0 Å². The predicted molar refractivity (Wildman–Crippen MR) is 192 cm³/mol. The zero-order valence-corrected chi connectivity index (χ0v) is 28.7. The Bertz CT molecular complexity index is 2560. The van der Waals surface area contributed by atoms with Crippen LogP contribution in [0.5, 0.6) is 0 Å². The summed E-state index contributed by atoms with van der Waals surface area (Å²) < 4.78 is 54.0. The Balaban J connectivity index is 0.000000155. The molecule has 264 valence electrons. The average Bonchev–Trinajstić information content (AvgIpc) is 3.16. The van der Waals surface area contributed by atoms with Crippen molar-refractivity contribution in [1.29, 1.82) is 0 Å². The minimum Gasteiger partial charge on any atom is -0.396 e. The van der Waals surface area contributed by atoms with Gasteiger partial charge in [-0.15, -0.1) is 0 Å². The van der Waals surface area contributed by atoms with E-state index in [1.54, 1.807) is 0 Å². The fraction of sp³-hybridized carbons (Fsp3) is 0. The molecule has 0 unspecified atom stereocenters. The van der Waals surface area contributed by atoms with Gasteiger partial charge in [0.1, 0.15) is 17.2 Å². The molecular formula is C34H19Cl3F4N12. The third kappa shape index (κ3) is 8.81. The normalized spacial score (nSPS) is 10.6. The van der Waals surface area contributed by atoms with Gasteiger partial charge in [-0.1, -0.05) is 34.8 Å². The van der Waals surface area contributed by atoms with E-state index in [1.807, 2.05) is 0 Å². The van der Waals surface area contributed by atoms with Crippen molar-refractivity contribution in [2.45, 2.75) is 0 Å². The number of nitrogens with zero attached hydrogens (tertiary/aromatic N) is 10. The van der Waals surface area contributed by atoms with Crippen LogP contribution in [0.1, 0.15) is 0 Å². The lowest BCUT2D eigenvalue weighted by Gasteiger charge is -2.10. The zero-order valence-electron chi connectivity index (χ0n) is 26.4. The van der Waals surface area contributed by atoms with Crippen LogP contribution in [0.2, 0.25) is 15.2 Å². The average molecular weight is 778 g/mol. The largest absolute Gasteiger partial charge is 0.396 e. The molecule has 0 aliphatic carbocycles. The molecule has 8 rings (SSSR count). The van der Waals surface area contributed by atoms with Gasteiger partial charge in [-0.3, -0.25) is 9.97 Å². The zero-order chi connectivity index (χ0) is 37.5. The minimum atomic E-state index is -0.571. The van der Waals surface area contributed by atoms with E-state index >= 15 is 0 Å². The maximum atomic E-state index is 14.2. The number of benzene rings is 2. The number of rotatable bonds is 4. The van der Waals surface area contributed by atoms with Gasteiger partial charge in [0.05, 0.1) is 34.9 Å². The van der Waals surface area contributed by atoms with Crippen molar-refractivity contribution in [3.8, 4) is 22.8 Å². The number of nitrogen functional groups attached to an aromatic ring is 1. The third-order valence-corrected chi connectivity index (χ3v) is 7.52. The summed E-state index contributed by atoms with van der Waals surface area (Å²) in [7, 11) is 0. The molecule has 6 heterocycles. The maximum absolute atomic E-state index is 14.2. The van der Waals surface area contributed by atoms with Crippen LogP contribution < -0.4 is 11.1 Å². The molecule has 3 N–H and O–H groups in total. The standard InChI is InChI=1S/C17H9ClF2N6.C12H5Cl2FN4.C5H5FN2/c18-9-1-2-11(19)10(7-9)15-25-16-14(22-5-6-23-16)17(26-15)24-13-3-4-21-8-12(13)20;13-6-1-2-8(15)7(5-6)11-18-10(14)9-12(19-11)17-4-3-16-9;6-4-3-8-2-1-5(4)7/h1-8H,(H,21,23,24,25,26);1-5H;1-3H,(H2,7,8). The van der Waals surface area contributed by atoms with Crippen LogP contribution in [0.4, 0.5) is 34.8 Å². The summed E-state index contributed by atoms with van der Waals surface area (Å²) in [5, 5.41) is 3.67. The van der Waals surface area contributed by atoms with Crippen LogP contribution in [-0.4, -0.2) is 49.8 Å². The number of nitrogens with one attached hydrogen (secondary N) is 1. The van der Waals surface area contributed by atoms with Crippen LogP contribution in [0.25, 0.3) is 45.1 Å². The van der Waals surface area contributed by atoms with E-state index in [-0.39, 0.29) is 50.8 Å². The summed E-state index contributed by atoms with van der Waals surface area (Å²) in [6, 6.07) is 11.0. The molecule has 0 radical (unpaired) electrons. The van der Waals surface area contributed by atoms with Gasteiger partial charge in [0.15, 0.2) is 51.1 Å². The van der Waals surface area contributed by atoms with E-state index in [1.165, 1.54) is 85.7 Å². The van der Waals surface area contributed by atoms with Crippen LogP contribution >= 0.6 is 34.8 Å². The van der Waals surface area contributed by atoms with Crippen molar-refractivity contribution in [2.24, 2.45) is 0 Å². The first-order valence-electron chi connectivity index (χ1n) is 14.8. The van der Waals surface area contributed by atoms with Crippen molar-refractivity contribution in [3.05, 3.63) is 137 Å². The van der Waals surface area contributed by atoms with E-state index in [9.17, 15) is 17.6 Å². The van der Waals surface area contributed by atoms with E-state index in [0.29, 0.717) is 26.7 Å². The summed E-state index contributed by atoms with van der Waals surface area (Å²) in [5.74, 6) is -1.70. The van der Waals surface area contributed by atoms with Gasteiger partial charge in [0, 0.05) is 47.2 Å². The number of hydrogen-bond acceptors (Lipinski definition) is 12. The van der Waals surface area contributed by atoms with E-state index in [0.717, 1.165) is 12.4 Å². The third-order valence-electron chi connectivity index (χ3n) is 6.79. The second-order valence-corrected chi connectivity index (χ2v) is 11.5. The molecule has 12 nitrogen and oxygen atoms in total. The topological polar surface area (TPSA) is 167 Å². The Kier molecular flexibility index (Phi) is 11.3. The van der Waals surface area contributed by atoms with Crippen molar-refractivity contribution < 1.29 is 17.6 Å². The fourth-order valence-corrected chi connectivity index (χ4v) is 4.91. The Labute approximate surface area is 311 Å². The lowest BCUT2D eigenvalue weighted by Crippen LogP contribution is -2.03. The number of pyridine rings is 2. The molecule has 0 amide bonds. The fourth-order valence-electron chi connectivity index (χ4n) is 4.35. The highest BCUT2D eigenvalue weighted by Gasteiger charge is 2.17. The number of halogens is 7. The van der Waals surface area contributed by atoms with Crippen LogP contribution in [0, 0.1) is 23.3 Å². The Hall–Kier alpha value is -6.23. The molecule has 2 aromatic carbocycles. The second-order valence-electron chi connectivity index (χ2n) is 10.3. The monoisotopic (exact) mass is 776 g/mol. The summed E-state index contributed by atoms with van der Waals surface area (Å²) in [5.41, 5.74) is 6.87. The Morgan fingerprint density at radius 1 is 0.528 bits per heavy atom. The minimum absolute atomic E-state index is 0.0509. The van der Waals surface area contributed by atoms with Gasteiger partial charge in [0.2, 0.25) is 0 Å². The van der Waals surface area contributed by atoms with Gasteiger partial charge in [-0.05, 0) is 48.5 Å². The van der Waals surface area contributed by atoms with E-state index < -0.39 is 23.3 Å². The number of aromatic nitrogens is 10. The smallest absolute Gasteiger partial charge is 0.184 e. The highest BCUT2D eigenvalue weighted by Crippen LogP contribution is 2.29. The molecule has 0 bridgehead atoms. The highest BCUT2D eigenvalue weighted by atomic mass is 35.5. The Morgan fingerprint density at radius 3 is 1.62 bits per heavy atom. The van der Waals surface area contributed by atoms with Crippen molar-refractivity contribution in [2.75, 3.05) is 11.1 Å².